The number of nitrogens with zero attached hydrogens (tertiary/aromatic N) is 5. The number of anilines is 2. The van der Waals surface area contributed by atoms with E-state index in [0.717, 1.165) is 37.7 Å². The van der Waals surface area contributed by atoms with E-state index in [-0.39, 0.29) is 23.0 Å². The Bertz CT molecular complexity index is 912. The van der Waals surface area contributed by atoms with Crippen LogP contribution in [0.3, 0.4) is 0 Å². The highest BCUT2D eigenvalue weighted by molar-refractivity contribution is 8.18. The van der Waals surface area contributed by atoms with E-state index < -0.39 is 5.95 Å². The summed E-state index contributed by atoms with van der Waals surface area (Å²) >= 11 is 1.07. The SMILES string of the molecule is C=C1SC(c2ccc(N3CCCC3)nc2F)=NCN(c2cccnc2)C1=O. The lowest BCUT2D eigenvalue weighted by atomic mass is 10.3. The maximum atomic E-state index is 14.7. The van der Waals surface area contributed by atoms with Crippen molar-refractivity contribution in [3.05, 3.63) is 59.7 Å². The van der Waals surface area contributed by atoms with Gasteiger partial charge in [0.05, 0.1) is 22.4 Å². The Hall–Kier alpha value is -2.74. The second-order valence-electron chi connectivity index (χ2n) is 6.28. The number of carbonyl (C=O) groups is 1. The molecule has 27 heavy (non-hydrogen) atoms. The van der Waals surface area contributed by atoms with E-state index in [2.05, 4.69) is 26.4 Å². The van der Waals surface area contributed by atoms with Gasteiger partial charge in [0.1, 0.15) is 17.5 Å². The lowest BCUT2D eigenvalue weighted by molar-refractivity contribution is -0.114. The Labute approximate surface area is 160 Å². The smallest absolute Gasteiger partial charge is 0.266 e. The summed E-state index contributed by atoms with van der Waals surface area (Å²) in [7, 11) is 0. The number of aromatic nitrogens is 2. The second kappa shape index (κ2) is 7.48. The van der Waals surface area contributed by atoms with E-state index in [4.69, 9.17) is 0 Å². The van der Waals surface area contributed by atoms with Gasteiger partial charge >= 0.3 is 0 Å². The molecule has 0 radical (unpaired) electrons. The van der Waals surface area contributed by atoms with Gasteiger partial charge in [-0.25, -0.2) is 4.98 Å². The number of hydrogen-bond acceptors (Lipinski definition) is 6. The molecule has 4 rings (SSSR count). The van der Waals surface area contributed by atoms with Crippen molar-refractivity contribution in [2.24, 2.45) is 4.99 Å². The maximum absolute atomic E-state index is 14.7. The van der Waals surface area contributed by atoms with Gasteiger partial charge in [0.2, 0.25) is 5.95 Å². The monoisotopic (exact) mass is 383 g/mol. The van der Waals surface area contributed by atoms with E-state index in [9.17, 15) is 9.18 Å². The van der Waals surface area contributed by atoms with Crippen molar-refractivity contribution in [1.82, 2.24) is 9.97 Å². The number of halogens is 1. The molecule has 2 aliphatic rings. The molecule has 0 aromatic carbocycles. The molecule has 2 aromatic rings. The Kier molecular flexibility index (Phi) is 4.89. The fourth-order valence-electron chi connectivity index (χ4n) is 3.10. The zero-order valence-corrected chi connectivity index (χ0v) is 15.5. The summed E-state index contributed by atoms with van der Waals surface area (Å²) in [5, 5.41) is 0.401. The molecule has 0 aliphatic carbocycles. The molecule has 138 valence electrons. The largest absolute Gasteiger partial charge is 0.357 e. The van der Waals surface area contributed by atoms with Crippen molar-refractivity contribution in [3.63, 3.8) is 0 Å². The number of pyridine rings is 2. The van der Waals surface area contributed by atoms with Crippen molar-refractivity contribution < 1.29 is 9.18 Å². The first-order valence-electron chi connectivity index (χ1n) is 8.68. The highest BCUT2D eigenvalue weighted by Crippen LogP contribution is 2.30. The van der Waals surface area contributed by atoms with E-state index >= 15 is 0 Å². The number of rotatable bonds is 3. The Morgan fingerprint density at radius 1 is 1.19 bits per heavy atom. The van der Waals surface area contributed by atoms with Crippen LogP contribution in [-0.4, -0.2) is 40.7 Å². The quantitative estimate of drug-likeness (QED) is 0.602. The average molecular weight is 383 g/mol. The first-order valence-corrected chi connectivity index (χ1v) is 9.50. The molecule has 1 amide bonds. The van der Waals surface area contributed by atoms with Gasteiger partial charge in [0, 0.05) is 19.3 Å². The summed E-state index contributed by atoms with van der Waals surface area (Å²) < 4.78 is 14.7. The predicted molar refractivity (Wildman–Crippen MR) is 106 cm³/mol. The summed E-state index contributed by atoms with van der Waals surface area (Å²) in [6.45, 7) is 5.70. The van der Waals surface area contributed by atoms with Crippen LogP contribution >= 0.6 is 11.8 Å². The third kappa shape index (κ3) is 3.57. The molecule has 0 N–H and O–H groups in total. The number of amides is 1. The molecule has 8 heteroatoms. The van der Waals surface area contributed by atoms with Crippen LogP contribution in [-0.2, 0) is 4.79 Å². The van der Waals surface area contributed by atoms with Crippen molar-refractivity contribution in [2.45, 2.75) is 12.8 Å². The molecule has 2 aliphatic heterocycles. The minimum atomic E-state index is -0.583. The van der Waals surface area contributed by atoms with E-state index in [1.54, 1.807) is 36.7 Å². The molecular weight excluding hydrogens is 365 g/mol. The standard InChI is InChI=1S/C19H18FN5OS/c1-13-19(26)25(14-5-4-8-21-11-14)12-22-18(27-13)15-6-7-16(23-17(15)20)24-9-2-3-10-24/h4-8,11H,1-3,9-10,12H2. The molecule has 2 aromatic heterocycles. The van der Waals surface area contributed by atoms with Crippen LogP contribution in [0.25, 0.3) is 0 Å². The first kappa shape index (κ1) is 17.7. The molecule has 0 unspecified atom stereocenters. The molecule has 0 atom stereocenters. The van der Waals surface area contributed by atoms with E-state index in [1.807, 2.05) is 0 Å². The Balaban J connectivity index is 1.63. The molecule has 0 spiro atoms. The minimum absolute atomic E-state index is 0.0686. The molecule has 4 heterocycles. The Morgan fingerprint density at radius 2 is 2.00 bits per heavy atom. The third-order valence-corrected chi connectivity index (χ3v) is 5.47. The lowest BCUT2D eigenvalue weighted by Crippen LogP contribution is -2.30. The number of carbonyl (C=O) groups excluding carboxylic acids is 1. The van der Waals surface area contributed by atoms with E-state index in [1.165, 1.54) is 4.90 Å². The molecule has 1 saturated heterocycles. The zero-order valence-electron chi connectivity index (χ0n) is 14.6. The van der Waals surface area contributed by atoms with Gasteiger partial charge in [-0.1, -0.05) is 18.3 Å². The van der Waals surface area contributed by atoms with Crippen LogP contribution in [0.5, 0.6) is 0 Å². The summed E-state index contributed by atoms with van der Waals surface area (Å²) in [5.41, 5.74) is 0.905. The predicted octanol–water partition coefficient (Wildman–Crippen LogP) is 3.21. The lowest BCUT2D eigenvalue weighted by Gasteiger charge is -2.18. The van der Waals surface area contributed by atoms with Crippen molar-refractivity contribution >= 4 is 34.2 Å². The highest BCUT2D eigenvalue weighted by atomic mass is 32.2. The average Bonchev–Trinajstić information content (AvgIpc) is 3.18. The van der Waals surface area contributed by atoms with Crippen LogP contribution in [0.2, 0.25) is 0 Å². The normalized spacial score (nSPS) is 17.9. The van der Waals surface area contributed by atoms with E-state index in [0.29, 0.717) is 16.5 Å². The minimum Gasteiger partial charge on any atom is -0.357 e. The van der Waals surface area contributed by atoms with Gasteiger partial charge in [-0.05, 0) is 37.1 Å². The van der Waals surface area contributed by atoms with Crippen molar-refractivity contribution in [2.75, 3.05) is 29.6 Å². The van der Waals surface area contributed by atoms with Crippen LogP contribution < -0.4 is 9.80 Å². The number of hydrogen-bond donors (Lipinski definition) is 0. The van der Waals surface area contributed by atoms with Gasteiger partial charge in [-0.3, -0.25) is 19.7 Å². The van der Waals surface area contributed by atoms with Crippen LogP contribution in [0.4, 0.5) is 15.9 Å². The summed E-state index contributed by atoms with van der Waals surface area (Å²) in [4.78, 5) is 29.0. The Morgan fingerprint density at radius 3 is 2.70 bits per heavy atom. The first-order chi connectivity index (χ1) is 13.1. The summed E-state index contributed by atoms with van der Waals surface area (Å²) in [5.74, 6) is -0.214. The fourth-order valence-corrected chi connectivity index (χ4v) is 3.92. The van der Waals surface area contributed by atoms with Crippen LogP contribution in [0, 0.1) is 5.95 Å². The van der Waals surface area contributed by atoms with Gasteiger partial charge in [0.15, 0.2) is 0 Å². The van der Waals surface area contributed by atoms with Gasteiger partial charge in [-0.15, -0.1) is 0 Å². The molecule has 1 fully saturated rings. The van der Waals surface area contributed by atoms with Crippen LogP contribution in [0.15, 0.2) is 53.1 Å². The molecular formula is C19H18FN5OS. The number of aliphatic imine (C=N–C) groups is 1. The molecule has 0 saturated carbocycles. The fraction of sp³-hybridized carbons (Fsp3) is 0.263. The molecule has 0 bridgehead atoms. The highest BCUT2D eigenvalue weighted by Gasteiger charge is 2.26. The maximum Gasteiger partial charge on any atom is 0.266 e. The number of thioether (sulfide) groups is 1. The van der Waals surface area contributed by atoms with Gasteiger partial charge < -0.3 is 4.90 Å². The summed E-state index contributed by atoms with van der Waals surface area (Å²) in [6, 6.07) is 7.01. The van der Waals surface area contributed by atoms with Gasteiger partial charge in [-0.2, -0.15) is 4.39 Å². The van der Waals surface area contributed by atoms with Crippen molar-refractivity contribution in [3.8, 4) is 0 Å². The summed E-state index contributed by atoms with van der Waals surface area (Å²) in [6.07, 6.45) is 5.41. The van der Waals surface area contributed by atoms with Crippen LogP contribution in [0.1, 0.15) is 18.4 Å². The zero-order chi connectivity index (χ0) is 18.8. The molecule has 6 nitrogen and oxygen atoms in total. The second-order valence-corrected chi connectivity index (χ2v) is 7.36. The third-order valence-electron chi connectivity index (χ3n) is 4.51. The van der Waals surface area contributed by atoms with Crippen molar-refractivity contribution in [1.29, 1.82) is 0 Å². The van der Waals surface area contributed by atoms with Gasteiger partial charge in [0.25, 0.3) is 5.91 Å². The topological polar surface area (TPSA) is 61.7 Å².